The molecule has 0 bridgehead atoms. The van der Waals surface area contributed by atoms with Crippen molar-refractivity contribution in [2.75, 3.05) is 5.32 Å². The molecule has 0 atom stereocenters. The van der Waals surface area contributed by atoms with Gasteiger partial charge in [0.05, 0.1) is 17.3 Å². The van der Waals surface area contributed by atoms with Crippen molar-refractivity contribution in [1.29, 1.82) is 0 Å². The first-order valence-corrected chi connectivity index (χ1v) is 7.68. The predicted octanol–water partition coefficient (Wildman–Crippen LogP) is 3.52. The van der Waals surface area contributed by atoms with Crippen molar-refractivity contribution in [3.63, 3.8) is 0 Å². The molecule has 3 aromatic heterocycles. The van der Waals surface area contributed by atoms with Crippen molar-refractivity contribution in [3.05, 3.63) is 47.6 Å². The molecule has 0 aliphatic heterocycles. The first kappa shape index (κ1) is 16.8. The third-order valence-electron chi connectivity index (χ3n) is 3.87. The number of fused-ring (bicyclic) bond motifs is 1. The normalized spacial score (nSPS) is 11.9. The summed E-state index contributed by atoms with van der Waals surface area (Å²) < 4.78 is 43.9. The van der Waals surface area contributed by atoms with E-state index < -0.39 is 17.8 Å². The van der Waals surface area contributed by atoms with Gasteiger partial charge >= 0.3 is 6.18 Å². The van der Waals surface area contributed by atoms with Crippen LogP contribution in [0.4, 0.5) is 18.9 Å². The van der Waals surface area contributed by atoms with E-state index in [9.17, 15) is 18.0 Å². The summed E-state index contributed by atoms with van der Waals surface area (Å²) in [7, 11) is 0. The minimum atomic E-state index is -4.60. The van der Waals surface area contributed by atoms with E-state index in [4.69, 9.17) is 4.52 Å². The summed E-state index contributed by atoms with van der Waals surface area (Å²) in [6, 6.07) is 6.83. The zero-order chi connectivity index (χ0) is 19.2. The van der Waals surface area contributed by atoms with Crippen LogP contribution in [0, 0.1) is 6.92 Å². The standard InChI is InChI=1S/C16H11F3N6O2/c1-7-13(16(17,18)19)23-14(21-7)11-10(6-20-24-11)22-15(26)12-8-4-2-3-5-9(8)25-27-12/h2-6H,1H3,(H,20,24)(H,21,23)(H,22,26). The Morgan fingerprint density at radius 2 is 2.04 bits per heavy atom. The highest BCUT2D eigenvalue weighted by Gasteiger charge is 2.36. The highest BCUT2D eigenvalue weighted by Crippen LogP contribution is 2.33. The lowest BCUT2D eigenvalue weighted by Crippen LogP contribution is -2.11. The number of aromatic amines is 2. The molecule has 0 aliphatic rings. The van der Waals surface area contributed by atoms with Gasteiger partial charge in [-0.05, 0) is 19.1 Å². The van der Waals surface area contributed by atoms with Gasteiger partial charge in [0.2, 0.25) is 5.76 Å². The molecule has 8 nitrogen and oxygen atoms in total. The van der Waals surface area contributed by atoms with Crippen LogP contribution in [0.5, 0.6) is 0 Å². The third kappa shape index (κ3) is 2.92. The second kappa shape index (κ2) is 5.97. The molecule has 27 heavy (non-hydrogen) atoms. The molecular formula is C16H11F3N6O2. The van der Waals surface area contributed by atoms with Crippen molar-refractivity contribution in [2.45, 2.75) is 13.1 Å². The summed E-state index contributed by atoms with van der Waals surface area (Å²) in [5.41, 5.74) is -0.434. The second-order valence-corrected chi connectivity index (χ2v) is 5.70. The van der Waals surface area contributed by atoms with E-state index in [1.165, 1.54) is 13.1 Å². The number of halogens is 3. The van der Waals surface area contributed by atoms with Gasteiger partial charge in [-0.2, -0.15) is 18.3 Å². The summed E-state index contributed by atoms with van der Waals surface area (Å²) in [4.78, 5) is 18.6. The second-order valence-electron chi connectivity index (χ2n) is 5.70. The number of alkyl halides is 3. The average Bonchev–Trinajstić information content (AvgIpc) is 3.31. The van der Waals surface area contributed by atoms with E-state index in [1.54, 1.807) is 24.3 Å². The van der Waals surface area contributed by atoms with Gasteiger partial charge in [-0.15, -0.1) is 0 Å². The van der Waals surface area contributed by atoms with Gasteiger partial charge in [0.1, 0.15) is 11.2 Å². The Bertz CT molecular complexity index is 1140. The van der Waals surface area contributed by atoms with Crippen molar-refractivity contribution >= 4 is 22.5 Å². The topological polar surface area (TPSA) is 112 Å². The summed E-state index contributed by atoms with van der Waals surface area (Å²) in [6.45, 7) is 1.26. The van der Waals surface area contributed by atoms with Gasteiger partial charge in [-0.25, -0.2) is 4.98 Å². The van der Waals surface area contributed by atoms with Crippen LogP contribution in [0.3, 0.4) is 0 Å². The van der Waals surface area contributed by atoms with Gasteiger partial charge in [-0.1, -0.05) is 17.3 Å². The van der Waals surface area contributed by atoms with E-state index in [0.717, 1.165) is 0 Å². The first-order chi connectivity index (χ1) is 12.8. The number of carbonyl (C=O) groups excluding carboxylic acids is 1. The summed E-state index contributed by atoms with van der Waals surface area (Å²) in [6.07, 6.45) is -3.34. The number of carbonyl (C=O) groups is 1. The highest BCUT2D eigenvalue weighted by molar-refractivity contribution is 6.11. The highest BCUT2D eigenvalue weighted by atomic mass is 19.4. The molecule has 0 saturated carbocycles. The van der Waals surface area contributed by atoms with Crippen molar-refractivity contribution in [1.82, 2.24) is 25.3 Å². The lowest BCUT2D eigenvalue weighted by molar-refractivity contribution is -0.141. The monoisotopic (exact) mass is 376 g/mol. The van der Waals surface area contributed by atoms with Crippen LogP contribution in [-0.2, 0) is 6.18 Å². The number of benzene rings is 1. The molecule has 0 spiro atoms. The maximum absolute atomic E-state index is 13.0. The Kier molecular flexibility index (Phi) is 3.72. The van der Waals surface area contributed by atoms with Crippen molar-refractivity contribution in [2.24, 2.45) is 0 Å². The fraction of sp³-hybridized carbons (Fsp3) is 0.125. The Hall–Kier alpha value is -3.63. The first-order valence-electron chi connectivity index (χ1n) is 7.68. The summed E-state index contributed by atoms with van der Waals surface area (Å²) in [5.74, 6) is -0.745. The lowest BCUT2D eigenvalue weighted by atomic mass is 10.2. The number of hydrogen-bond donors (Lipinski definition) is 3. The van der Waals surface area contributed by atoms with E-state index in [-0.39, 0.29) is 28.7 Å². The number of rotatable bonds is 3. The SMILES string of the molecule is Cc1[nH]c(-c2[nH]ncc2NC(=O)c2onc3ccccc23)nc1C(F)(F)F. The van der Waals surface area contributed by atoms with Crippen molar-refractivity contribution < 1.29 is 22.5 Å². The average molecular weight is 376 g/mol. The number of nitrogens with one attached hydrogen (secondary N) is 3. The van der Waals surface area contributed by atoms with Gasteiger partial charge < -0.3 is 14.8 Å². The molecule has 11 heteroatoms. The van der Waals surface area contributed by atoms with E-state index in [2.05, 4.69) is 30.6 Å². The molecule has 0 aliphatic carbocycles. The Balaban J connectivity index is 1.66. The molecule has 1 aromatic carbocycles. The van der Waals surface area contributed by atoms with Crippen molar-refractivity contribution in [3.8, 4) is 11.5 Å². The van der Waals surface area contributed by atoms with Gasteiger partial charge in [0, 0.05) is 5.69 Å². The number of aromatic nitrogens is 5. The predicted molar refractivity (Wildman–Crippen MR) is 87.9 cm³/mol. The minimum absolute atomic E-state index is 0.0237. The van der Waals surface area contributed by atoms with Crippen LogP contribution in [0.15, 0.2) is 35.0 Å². The Labute approximate surface area is 148 Å². The number of hydrogen-bond acceptors (Lipinski definition) is 5. The van der Waals surface area contributed by atoms with Crippen LogP contribution in [0.1, 0.15) is 21.9 Å². The van der Waals surface area contributed by atoms with E-state index >= 15 is 0 Å². The van der Waals surface area contributed by atoms with E-state index in [1.807, 2.05) is 0 Å². The van der Waals surface area contributed by atoms with Crippen LogP contribution in [-0.4, -0.2) is 31.2 Å². The molecule has 0 radical (unpaired) electrons. The molecule has 0 saturated heterocycles. The molecule has 4 aromatic rings. The zero-order valence-electron chi connectivity index (χ0n) is 13.7. The number of H-pyrrole nitrogens is 2. The fourth-order valence-corrected chi connectivity index (χ4v) is 2.65. The largest absolute Gasteiger partial charge is 0.435 e. The molecular weight excluding hydrogens is 365 g/mol. The number of imidazole rings is 1. The molecule has 4 rings (SSSR count). The van der Waals surface area contributed by atoms with Gasteiger partial charge in [-0.3, -0.25) is 9.89 Å². The van der Waals surface area contributed by atoms with Crippen LogP contribution < -0.4 is 5.32 Å². The molecule has 0 unspecified atom stereocenters. The zero-order valence-corrected chi connectivity index (χ0v) is 13.7. The number of aryl methyl sites for hydroxylation is 1. The van der Waals surface area contributed by atoms with Gasteiger partial charge in [0.15, 0.2) is 11.5 Å². The van der Waals surface area contributed by atoms with Crippen LogP contribution >= 0.6 is 0 Å². The third-order valence-corrected chi connectivity index (χ3v) is 3.87. The van der Waals surface area contributed by atoms with E-state index in [0.29, 0.717) is 10.9 Å². The molecule has 3 heterocycles. The molecule has 138 valence electrons. The molecule has 0 fully saturated rings. The van der Waals surface area contributed by atoms with Gasteiger partial charge in [0.25, 0.3) is 5.91 Å². The Morgan fingerprint density at radius 3 is 2.78 bits per heavy atom. The fourth-order valence-electron chi connectivity index (χ4n) is 2.65. The molecule has 1 amide bonds. The summed E-state index contributed by atoms with van der Waals surface area (Å²) in [5, 5.41) is 13.1. The number of anilines is 1. The Morgan fingerprint density at radius 1 is 1.26 bits per heavy atom. The number of amides is 1. The van der Waals surface area contributed by atoms with Crippen LogP contribution in [0.2, 0.25) is 0 Å². The smallest absolute Gasteiger partial charge is 0.350 e. The maximum atomic E-state index is 13.0. The molecule has 3 N–H and O–H groups in total. The van der Waals surface area contributed by atoms with Crippen LogP contribution in [0.25, 0.3) is 22.4 Å². The minimum Gasteiger partial charge on any atom is -0.350 e. The summed E-state index contributed by atoms with van der Waals surface area (Å²) >= 11 is 0. The number of nitrogens with zero attached hydrogens (tertiary/aromatic N) is 3. The maximum Gasteiger partial charge on any atom is 0.435 e. The lowest BCUT2D eigenvalue weighted by Gasteiger charge is -2.03. The quantitative estimate of drug-likeness (QED) is 0.506.